The van der Waals surface area contributed by atoms with E-state index in [2.05, 4.69) is 5.10 Å². The van der Waals surface area contributed by atoms with Gasteiger partial charge in [0.15, 0.2) is 5.69 Å². The van der Waals surface area contributed by atoms with Gasteiger partial charge in [-0.15, -0.1) is 0 Å². The highest BCUT2D eigenvalue weighted by atomic mass is 19.4. The van der Waals surface area contributed by atoms with Crippen LogP contribution in [0.3, 0.4) is 0 Å². The molecule has 17 heavy (non-hydrogen) atoms. The Labute approximate surface area is 96.8 Å². The van der Waals surface area contributed by atoms with Gasteiger partial charge in [0.05, 0.1) is 24.2 Å². The van der Waals surface area contributed by atoms with Crippen LogP contribution >= 0.6 is 0 Å². The molecule has 0 unspecified atom stereocenters. The zero-order valence-corrected chi connectivity index (χ0v) is 9.17. The summed E-state index contributed by atoms with van der Waals surface area (Å²) in [5.74, 6) is 0. The molecule has 0 saturated heterocycles. The molecule has 92 valence electrons. The molecular formula is C11H12F3N3. The quantitative estimate of drug-likeness (QED) is 0.800. The molecule has 1 fully saturated rings. The Morgan fingerprint density at radius 2 is 2.06 bits per heavy atom. The summed E-state index contributed by atoms with van der Waals surface area (Å²) in [4.78, 5) is 0. The van der Waals surface area contributed by atoms with Gasteiger partial charge in [0.25, 0.3) is 0 Å². The van der Waals surface area contributed by atoms with Crippen molar-refractivity contribution in [3.63, 3.8) is 0 Å². The van der Waals surface area contributed by atoms with Gasteiger partial charge >= 0.3 is 6.18 Å². The van der Waals surface area contributed by atoms with Crippen LogP contribution in [0.1, 0.15) is 43.1 Å². The number of rotatable bonds is 2. The van der Waals surface area contributed by atoms with Crippen LogP contribution in [-0.4, -0.2) is 9.78 Å². The minimum Gasteiger partial charge on any atom is -0.265 e. The molecule has 1 heterocycles. The van der Waals surface area contributed by atoms with Gasteiger partial charge in [-0.2, -0.15) is 23.5 Å². The fourth-order valence-electron chi connectivity index (χ4n) is 2.25. The number of alkyl halides is 3. The highest BCUT2D eigenvalue weighted by Gasteiger charge is 2.35. The maximum atomic E-state index is 12.5. The van der Waals surface area contributed by atoms with Gasteiger partial charge in [0, 0.05) is 0 Å². The van der Waals surface area contributed by atoms with Gasteiger partial charge in [-0.3, -0.25) is 4.68 Å². The smallest absolute Gasteiger partial charge is 0.265 e. The standard InChI is InChI=1S/C11H12F3N3/c12-11(13,14)10-7-9(5-6-15)17(16-10)8-3-1-2-4-8/h7-8H,1-5H2. The second-order valence-corrected chi connectivity index (χ2v) is 4.24. The van der Waals surface area contributed by atoms with Crippen LogP contribution in [0.2, 0.25) is 0 Å². The summed E-state index contributed by atoms with van der Waals surface area (Å²) >= 11 is 0. The summed E-state index contributed by atoms with van der Waals surface area (Å²) < 4.78 is 39.1. The third-order valence-corrected chi connectivity index (χ3v) is 3.03. The third kappa shape index (κ3) is 2.43. The van der Waals surface area contributed by atoms with Crippen LogP contribution in [0.5, 0.6) is 0 Å². The summed E-state index contributed by atoms with van der Waals surface area (Å²) in [6.45, 7) is 0. The van der Waals surface area contributed by atoms with Crippen molar-refractivity contribution in [3.8, 4) is 6.07 Å². The SMILES string of the molecule is N#CCc1cc(C(F)(F)F)nn1C1CCCC1. The van der Waals surface area contributed by atoms with Crippen LogP contribution < -0.4 is 0 Å². The van der Waals surface area contributed by atoms with Crippen LogP contribution in [-0.2, 0) is 12.6 Å². The number of halogens is 3. The molecule has 1 saturated carbocycles. The van der Waals surface area contributed by atoms with Crippen molar-refractivity contribution >= 4 is 0 Å². The Kier molecular flexibility index (Phi) is 3.09. The number of aromatic nitrogens is 2. The molecule has 0 bridgehead atoms. The summed E-state index contributed by atoms with van der Waals surface area (Å²) in [6.07, 6.45) is -0.752. The Hall–Kier alpha value is -1.51. The van der Waals surface area contributed by atoms with E-state index in [1.165, 1.54) is 4.68 Å². The van der Waals surface area contributed by atoms with Crippen molar-refractivity contribution in [2.45, 2.75) is 44.3 Å². The number of hydrogen-bond donors (Lipinski definition) is 0. The maximum absolute atomic E-state index is 12.5. The van der Waals surface area contributed by atoms with Crippen LogP contribution in [0.15, 0.2) is 6.07 Å². The molecule has 0 amide bonds. The average molecular weight is 243 g/mol. The molecule has 0 spiro atoms. The number of hydrogen-bond acceptors (Lipinski definition) is 2. The lowest BCUT2D eigenvalue weighted by molar-refractivity contribution is -0.141. The largest absolute Gasteiger partial charge is 0.435 e. The monoisotopic (exact) mass is 243 g/mol. The average Bonchev–Trinajstić information content (AvgIpc) is 2.83. The van der Waals surface area contributed by atoms with Gasteiger partial charge in [0.1, 0.15) is 0 Å². The molecule has 0 radical (unpaired) electrons. The highest BCUT2D eigenvalue weighted by Crippen LogP contribution is 2.34. The van der Waals surface area contributed by atoms with Crippen LogP contribution in [0, 0.1) is 11.3 Å². The first-order valence-electron chi connectivity index (χ1n) is 5.55. The molecule has 1 aromatic rings. The van der Waals surface area contributed by atoms with Crippen molar-refractivity contribution in [1.82, 2.24) is 9.78 Å². The lowest BCUT2D eigenvalue weighted by Crippen LogP contribution is -2.12. The molecule has 0 aliphatic heterocycles. The third-order valence-electron chi connectivity index (χ3n) is 3.03. The predicted molar refractivity (Wildman–Crippen MR) is 54.1 cm³/mol. The van der Waals surface area contributed by atoms with E-state index in [4.69, 9.17) is 5.26 Å². The molecule has 3 nitrogen and oxygen atoms in total. The molecule has 1 aromatic heterocycles. The van der Waals surface area contributed by atoms with E-state index in [1.807, 2.05) is 6.07 Å². The van der Waals surface area contributed by atoms with Gasteiger partial charge in [0.2, 0.25) is 0 Å². The molecule has 1 aliphatic carbocycles. The van der Waals surface area contributed by atoms with E-state index in [9.17, 15) is 13.2 Å². The van der Waals surface area contributed by atoms with Gasteiger partial charge in [-0.1, -0.05) is 12.8 Å². The number of nitriles is 1. The van der Waals surface area contributed by atoms with E-state index >= 15 is 0 Å². The summed E-state index contributed by atoms with van der Waals surface area (Å²) in [7, 11) is 0. The first-order chi connectivity index (χ1) is 8.02. The molecule has 0 atom stereocenters. The topological polar surface area (TPSA) is 41.6 Å². The summed E-state index contributed by atoms with van der Waals surface area (Å²) in [5, 5.41) is 12.2. The molecule has 0 N–H and O–H groups in total. The minimum absolute atomic E-state index is 0.0226. The zero-order valence-electron chi connectivity index (χ0n) is 9.17. The molecule has 6 heteroatoms. The fraction of sp³-hybridized carbons (Fsp3) is 0.636. The van der Waals surface area contributed by atoms with Gasteiger partial charge in [-0.25, -0.2) is 0 Å². The van der Waals surface area contributed by atoms with E-state index in [0.29, 0.717) is 5.69 Å². The molecule has 0 aromatic carbocycles. The second-order valence-electron chi connectivity index (χ2n) is 4.24. The Morgan fingerprint density at radius 1 is 1.41 bits per heavy atom. The van der Waals surface area contributed by atoms with E-state index < -0.39 is 11.9 Å². The van der Waals surface area contributed by atoms with Crippen molar-refractivity contribution < 1.29 is 13.2 Å². The van der Waals surface area contributed by atoms with Crippen molar-refractivity contribution in [2.75, 3.05) is 0 Å². The van der Waals surface area contributed by atoms with E-state index in [1.54, 1.807) is 0 Å². The first-order valence-corrected chi connectivity index (χ1v) is 5.55. The Balaban J connectivity index is 2.35. The van der Waals surface area contributed by atoms with Crippen LogP contribution in [0.4, 0.5) is 13.2 Å². The second kappa shape index (κ2) is 4.40. The maximum Gasteiger partial charge on any atom is 0.435 e. The summed E-state index contributed by atoms with van der Waals surface area (Å²) in [5.41, 5.74) is -0.527. The molecule has 1 aliphatic rings. The lowest BCUT2D eigenvalue weighted by atomic mass is 10.2. The molecular weight excluding hydrogens is 231 g/mol. The molecule has 2 rings (SSSR count). The Bertz CT molecular complexity index is 436. The predicted octanol–water partition coefficient (Wildman–Crippen LogP) is 3.08. The summed E-state index contributed by atoms with van der Waals surface area (Å²) in [6, 6.07) is 2.89. The zero-order chi connectivity index (χ0) is 12.5. The first kappa shape index (κ1) is 12.0. The van der Waals surface area contributed by atoms with Gasteiger partial charge < -0.3 is 0 Å². The normalized spacial score (nSPS) is 17.3. The lowest BCUT2D eigenvalue weighted by Gasteiger charge is -2.12. The fourth-order valence-corrected chi connectivity index (χ4v) is 2.25. The Morgan fingerprint density at radius 3 is 2.59 bits per heavy atom. The van der Waals surface area contributed by atoms with Crippen molar-refractivity contribution in [3.05, 3.63) is 17.5 Å². The minimum atomic E-state index is -4.44. The van der Waals surface area contributed by atoms with Crippen LogP contribution in [0.25, 0.3) is 0 Å². The highest BCUT2D eigenvalue weighted by molar-refractivity contribution is 5.17. The number of nitrogens with zero attached hydrogens (tertiary/aromatic N) is 3. The van der Waals surface area contributed by atoms with E-state index in [0.717, 1.165) is 31.7 Å². The van der Waals surface area contributed by atoms with Crippen molar-refractivity contribution in [2.24, 2.45) is 0 Å². The van der Waals surface area contributed by atoms with E-state index in [-0.39, 0.29) is 12.5 Å². The van der Waals surface area contributed by atoms with Crippen molar-refractivity contribution in [1.29, 1.82) is 5.26 Å². The van der Waals surface area contributed by atoms with Gasteiger partial charge in [-0.05, 0) is 18.9 Å².